The Kier molecular flexibility index (Phi) is 3.04. The molecular weight excluding hydrogens is 72.1 g/mol. The van der Waals surface area contributed by atoms with Crippen LogP contribution in [0.1, 0.15) is 0 Å². The second-order valence-electron chi connectivity index (χ2n) is 0.263. The summed E-state index contributed by atoms with van der Waals surface area (Å²) >= 11 is 0.926. The zero-order chi connectivity index (χ0) is 3.41. The van der Waals surface area contributed by atoms with Crippen molar-refractivity contribution in [2.24, 2.45) is 0 Å². The minimum Gasteiger partial charge on any atom is -0.291 e. The van der Waals surface area contributed by atoms with Crippen LogP contribution in [0.25, 0.3) is 0 Å². The summed E-state index contributed by atoms with van der Waals surface area (Å²) in [6.45, 7) is 0. The van der Waals surface area contributed by atoms with Crippen LogP contribution in [0.15, 0.2) is 0 Å². The van der Waals surface area contributed by atoms with E-state index in [4.69, 9.17) is 4.79 Å². The first-order valence-electron chi connectivity index (χ1n) is 0.760. The normalized spacial score (nSPS) is 6.25. The van der Waals surface area contributed by atoms with Crippen LogP contribution in [0.2, 0.25) is 0 Å². The fourth-order valence-corrected chi connectivity index (χ4v) is 0. The van der Waals surface area contributed by atoms with Gasteiger partial charge in [-0.25, -0.2) is 0 Å². The van der Waals surface area contributed by atoms with Gasteiger partial charge in [0.05, 0.1) is 0 Å². The molecule has 0 aromatic carbocycles. The molecule has 0 rings (SSSR count). The topological polar surface area (TPSA) is 17.1 Å². The Morgan fingerprint density at radius 2 is 2.25 bits per heavy atom. The lowest BCUT2D eigenvalue weighted by Gasteiger charge is -1.52. The number of rotatable bonds is 1. The van der Waals surface area contributed by atoms with Gasteiger partial charge in [-0.3, -0.25) is 4.79 Å². The molecular formula is C2H3OS. The fraction of sp³-hybridized carbons (Fsp3) is 0. The molecule has 0 unspecified atom stereocenters. The Morgan fingerprint density at radius 3 is 2.25 bits per heavy atom. The van der Waals surface area contributed by atoms with Crippen molar-refractivity contribution in [3.8, 4) is 0 Å². The third kappa shape index (κ3) is 2.02. The van der Waals surface area contributed by atoms with Crippen molar-refractivity contribution in [1.82, 2.24) is 0 Å². The molecule has 1 radical (unpaired) electrons. The average molecular weight is 75.1 g/mol. The van der Waals surface area contributed by atoms with Gasteiger partial charge in [0.15, 0.2) is 5.62 Å². The van der Waals surface area contributed by atoms with Crippen LogP contribution in [-0.4, -0.2) is 5.62 Å². The molecule has 0 heterocycles. The van der Waals surface area contributed by atoms with Gasteiger partial charge in [0.1, 0.15) is 0 Å². The summed E-state index contributed by atoms with van der Waals surface area (Å²) in [5, 5.41) is 0. The van der Waals surface area contributed by atoms with Crippen LogP contribution >= 0.6 is 11.8 Å². The van der Waals surface area contributed by atoms with E-state index in [2.05, 4.69) is 6.26 Å². The molecule has 0 aliphatic carbocycles. The largest absolute Gasteiger partial charge is 0.291 e. The molecule has 4 heavy (non-hydrogen) atoms. The summed E-state index contributed by atoms with van der Waals surface area (Å²) in [5.74, 6) is 0. The number of carbonyl (C=O) groups excluding carboxylic acids is 1. The van der Waals surface area contributed by atoms with Gasteiger partial charge >= 0.3 is 0 Å². The smallest absolute Gasteiger partial charge is 0.176 e. The molecule has 0 fully saturated rings. The predicted molar refractivity (Wildman–Crippen MR) is 19.7 cm³/mol. The van der Waals surface area contributed by atoms with E-state index in [0.29, 0.717) is 5.62 Å². The lowest BCUT2D eigenvalue weighted by molar-refractivity contribution is 0.570. The van der Waals surface area contributed by atoms with Crippen molar-refractivity contribution in [2.75, 3.05) is 0 Å². The van der Waals surface area contributed by atoms with E-state index in [9.17, 15) is 0 Å². The maximum Gasteiger partial charge on any atom is 0.176 e. The van der Waals surface area contributed by atoms with Gasteiger partial charge < -0.3 is 0 Å². The maximum atomic E-state index is 9.07. The highest BCUT2D eigenvalue weighted by molar-refractivity contribution is 8.12. The fourth-order valence-electron chi connectivity index (χ4n) is 0. The van der Waals surface area contributed by atoms with Crippen molar-refractivity contribution in [3.63, 3.8) is 0 Å². The molecule has 0 saturated carbocycles. The summed E-state index contributed by atoms with van der Waals surface area (Å²) in [5.41, 5.74) is 0.681. The van der Waals surface area contributed by atoms with Gasteiger partial charge in [-0.05, 0) is 0 Å². The Balaban J connectivity index is 2.30. The quantitative estimate of drug-likeness (QED) is 0.427. The molecule has 0 aliphatic heterocycles. The van der Waals surface area contributed by atoms with E-state index in [0.717, 1.165) is 11.8 Å². The second-order valence-corrected chi connectivity index (χ2v) is 0.789. The van der Waals surface area contributed by atoms with Crippen LogP contribution in [0.3, 0.4) is 0 Å². The zero-order valence-electron chi connectivity index (χ0n) is 2.10. The molecule has 0 saturated heterocycles. The lowest BCUT2D eigenvalue weighted by atomic mass is 11.8. The minimum absolute atomic E-state index is 0.681. The van der Waals surface area contributed by atoms with Gasteiger partial charge in [0, 0.05) is 6.26 Å². The number of carbonyl (C=O) groups is 1. The average Bonchev–Trinajstić information content (AvgIpc) is 1.37. The number of thioether (sulfide) groups is 1. The first kappa shape index (κ1) is 4.02. The summed E-state index contributed by atoms with van der Waals surface area (Å²) in [4.78, 5) is 9.07. The first-order valence-corrected chi connectivity index (χ1v) is 1.81. The van der Waals surface area contributed by atoms with Crippen molar-refractivity contribution in [1.29, 1.82) is 0 Å². The minimum atomic E-state index is 0.681. The molecule has 0 N–H and O–H groups in total. The number of hydrogen-bond donors (Lipinski definition) is 0. The molecule has 23 valence electrons. The lowest BCUT2D eigenvalue weighted by Crippen LogP contribution is -1.40. The van der Waals surface area contributed by atoms with Gasteiger partial charge in [-0.15, -0.1) is 0 Å². The Labute approximate surface area is 29.4 Å². The van der Waals surface area contributed by atoms with Gasteiger partial charge in [-0.2, -0.15) is 0 Å². The van der Waals surface area contributed by atoms with Crippen molar-refractivity contribution >= 4 is 17.4 Å². The molecule has 0 aromatic rings. The molecule has 0 aromatic heterocycles. The van der Waals surface area contributed by atoms with Crippen molar-refractivity contribution in [3.05, 3.63) is 6.26 Å². The molecule has 2 heteroatoms. The number of hydrogen-bond acceptors (Lipinski definition) is 2. The molecule has 0 spiro atoms. The Morgan fingerprint density at radius 1 is 2.00 bits per heavy atom. The third-order valence-electron chi connectivity index (χ3n) is 0.0680. The summed E-state index contributed by atoms with van der Waals surface area (Å²) in [6.07, 6.45) is 3.15. The van der Waals surface area contributed by atoms with Crippen molar-refractivity contribution in [2.45, 2.75) is 0 Å². The van der Waals surface area contributed by atoms with E-state index in [1.54, 1.807) is 0 Å². The van der Waals surface area contributed by atoms with Crippen LogP contribution < -0.4 is 0 Å². The van der Waals surface area contributed by atoms with Gasteiger partial charge in [-0.1, -0.05) is 11.8 Å². The predicted octanol–water partition coefficient (Wildman–Crippen LogP) is 0.701. The molecule has 0 atom stereocenters. The summed E-state index contributed by atoms with van der Waals surface area (Å²) in [6, 6.07) is 0. The van der Waals surface area contributed by atoms with E-state index < -0.39 is 0 Å². The standard InChI is InChI=1S/C2H3OS/c1-4-2-3/h2H,1H2. The monoisotopic (exact) mass is 75.0 g/mol. The first-order chi connectivity index (χ1) is 1.91. The molecule has 1 nitrogen and oxygen atoms in total. The molecule has 0 aliphatic rings. The SMILES string of the molecule is [CH2]SC=O. The van der Waals surface area contributed by atoms with Crippen molar-refractivity contribution < 1.29 is 4.79 Å². The Hall–Kier alpha value is 0.0200. The second kappa shape index (κ2) is 3.02. The zero-order valence-corrected chi connectivity index (χ0v) is 2.92. The van der Waals surface area contributed by atoms with Crippen LogP contribution in [0, 0.1) is 6.26 Å². The van der Waals surface area contributed by atoms with Gasteiger partial charge in [0.2, 0.25) is 0 Å². The Bertz CT molecular complexity index is 20.0. The van der Waals surface area contributed by atoms with E-state index >= 15 is 0 Å². The third-order valence-corrected chi connectivity index (χ3v) is 0.204. The highest BCUT2D eigenvalue weighted by Crippen LogP contribution is 1.79. The van der Waals surface area contributed by atoms with E-state index in [1.807, 2.05) is 0 Å². The summed E-state index contributed by atoms with van der Waals surface area (Å²) < 4.78 is 0. The van der Waals surface area contributed by atoms with Crippen LogP contribution in [0.5, 0.6) is 0 Å². The highest BCUT2D eigenvalue weighted by atomic mass is 32.2. The van der Waals surface area contributed by atoms with Crippen LogP contribution in [-0.2, 0) is 4.79 Å². The molecule has 0 bridgehead atoms. The maximum absolute atomic E-state index is 9.07. The summed E-state index contributed by atoms with van der Waals surface area (Å²) in [7, 11) is 0. The van der Waals surface area contributed by atoms with E-state index in [-0.39, 0.29) is 0 Å². The highest BCUT2D eigenvalue weighted by Gasteiger charge is 1.52. The van der Waals surface area contributed by atoms with E-state index in [1.165, 1.54) is 0 Å². The van der Waals surface area contributed by atoms with Gasteiger partial charge in [0.25, 0.3) is 0 Å². The van der Waals surface area contributed by atoms with Crippen LogP contribution in [0.4, 0.5) is 0 Å². The molecule has 0 amide bonds.